The van der Waals surface area contributed by atoms with E-state index in [-0.39, 0.29) is 35.1 Å². The molecular formula is C22H32N4O3. The number of amides is 2. The van der Waals surface area contributed by atoms with Crippen molar-refractivity contribution in [3.8, 4) is 0 Å². The van der Waals surface area contributed by atoms with Crippen molar-refractivity contribution in [3.63, 3.8) is 0 Å². The van der Waals surface area contributed by atoms with Crippen molar-refractivity contribution in [2.45, 2.75) is 78.3 Å². The Morgan fingerprint density at radius 3 is 2.31 bits per heavy atom. The van der Waals surface area contributed by atoms with Gasteiger partial charge >= 0.3 is 0 Å². The van der Waals surface area contributed by atoms with E-state index in [1.165, 1.54) is 0 Å². The number of likely N-dealkylation sites (tertiary alicyclic amines) is 2. The maximum absolute atomic E-state index is 13.2. The van der Waals surface area contributed by atoms with E-state index in [1.807, 2.05) is 9.80 Å². The molecule has 0 unspecified atom stereocenters. The second-order valence-corrected chi connectivity index (χ2v) is 9.70. The molecule has 3 aliphatic rings. The summed E-state index contributed by atoms with van der Waals surface area (Å²) in [5.41, 5.74) is 2.53. The molecule has 7 nitrogen and oxygen atoms in total. The molecule has 1 aliphatic carbocycles. The SMILES string of the molecule is CC(=O)N1CCC(n2nc([C@@H]3CCCN3C(C)=O)c3c2CC(C)(C)CC3=O)CC1. The van der Waals surface area contributed by atoms with Gasteiger partial charge < -0.3 is 9.80 Å². The third-order valence-electron chi connectivity index (χ3n) is 6.83. The van der Waals surface area contributed by atoms with Crippen molar-refractivity contribution in [1.29, 1.82) is 0 Å². The third kappa shape index (κ3) is 3.60. The van der Waals surface area contributed by atoms with Crippen LogP contribution in [0.4, 0.5) is 0 Å². The number of nitrogens with zero attached hydrogens (tertiary/aromatic N) is 4. The van der Waals surface area contributed by atoms with Gasteiger partial charge in [-0.3, -0.25) is 19.1 Å². The lowest BCUT2D eigenvalue weighted by molar-refractivity contribution is -0.130. The lowest BCUT2D eigenvalue weighted by Gasteiger charge is -2.34. The van der Waals surface area contributed by atoms with Crippen LogP contribution in [0.2, 0.25) is 0 Å². The second-order valence-electron chi connectivity index (χ2n) is 9.70. The minimum Gasteiger partial charge on any atom is -0.343 e. The second kappa shape index (κ2) is 7.26. The van der Waals surface area contributed by atoms with Gasteiger partial charge in [-0.2, -0.15) is 5.10 Å². The maximum atomic E-state index is 13.2. The summed E-state index contributed by atoms with van der Waals surface area (Å²) in [7, 11) is 0. The van der Waals surface area contributed by atoms with Gasteiger partial charge in [0, 0.05) is 39.9 Å². The van der Waals surface area contributed by atoms with Crippen molar-refractivity contribution in [2.75, 3.05) is 19.6 Å². The summed E-state index contributed by atoms with van der Waals surface area (Å²) in [6, 6.07) is 0.104. The molecule has 158 valence electrons. The van der Waals surface area contributed by atoms with Crippen LogP contribution in [0, 0.1) is 5.41 Å². The summed E-state index contributed by atoms with van der Waals surface area (Å²) in [6.07, 6.45) is 4.85. The Labute approximate surface area is 172 Å². The van der Waals surface area contributed by atoms with Gasteiger partial charge in [-0.1, -0.05) is 13.8 Å². The number of carbonyl (C=O) groups excluding carboxylic acids is 3. The topological polar surface area (TPSA) is 75.5 Å². The number of ketones is 1. The van der Waals surface area contributed by atoms with Gasteiger partial charge in [0.05, 0.1) is 29.0 Å². The lowest BCUT2D eigenvalue weighted by Crippen LogP contribution is -2.38. The summed E-state index contributed by atoms with van der Waals surface area (Å²) in [6.45, 7) is 9.68. The highest BCUT2D eigenvalue weighted by molar-refractivity contribution is 6.00. The van der Waals surface area contributed by atoms with Crippen molar-refractivity contribution >= 4 is 17.6 Å². The standard InChI is InChI=1S/C22H32N4O3/c1-14(27)24-10-7-16(8-11-24)26-18-12-22(3,4)13-19(29)20(18)21(23-26)17-6-5-9-25(17)15(2)28/h16-17H,5-13H2,1-4H3/t17-/m0/s1. The average molecular weight is 401 g/mol. The van der Waals surface area contributed by atoms with Crippen LogP contribution in [0.1, 0.15) is 93.6 Å². The minimum atomic E-state index is -0.0926. The van der Waals surface area contributed by atoms with Gasteiger partial charge in [-0.15, -0.1) is 0 Å². The van der Waals surface area contributed by atoms with Crippen LogP contribution < -0.4 is 0 Å². The monoisotopic (exact) mass is 400 g/mol. The number of aromatic nitrogens is 2. The Balaban J connectivity index is 1.74. The van der Waals surface area contributed by atoms with E-state index < -0.39 is 0 Å². The molecule has 1 aromatic heterocycles. The van der Waals surface area contributed by atoms with Crippen molar-refractivity contribution in [3.05, 3.63) is 17.0 Å². The number of hydrogen-bond acceptors (Lipinski definition) is 4. The summed E-state index contributed by atoms with van der Waals surface area (Å²) >= 11 is 0. The van der Waals surface area contributed by atoms with E-state index in [2.05, 4.69) is 18.5 Å². The zero-order valence-corrected chi connectivity index (χ0v) is 18.0. The Kier molecular flexibility index (Phi) is 5.03. The Morgan fingerprint density at radius 2 is 1.69 bits per heavy atom. The number of hydrogen-bond donors (Lipinski definition) is 0. The van der Waals surface area contributed by atoms with Gasteiger partial charge in [0.1, 0.15) is 0 Å². The average Bonchev–Trinajstić information content (AvgIpc) is 3.25. The Bertz CT molecular complexity index is 848. The predicted molar refractivity (Wildman–Crippen MR) is 109 cm³/mol. The number of rotatable bonds is 2. The highest BCUT2D eigenvalue weighted by atomic mass is 16.2. The largest absolute Gasteiger partial charge is 0.343 e. The number of carbonyl (C=O) groups is 3. The zero-order chi connectivity index (χ0) is 20.9. The summed E-state index contributed by atoms with van der Waals surface area (Å²) in [5.74, 6) is 0.328. The molecule has 0 spiro atoms. The van der Waals surface area contributed by atoms with Gasteiger partial charge in [0.15, 0.2) is 5.78 Å². The Morgan fingerprint density at radius 1 is 1.00 bits per heavy atom. The molecule has 2 saturated heterocycles. The van der Waals surface area contributed by atoms with E-state index in [9.17, 15) is 14.4 Å². The van der Waals surface area contributed by atoms with E-state index in [0.717, 1.165) is 68.7 Å². The predicted octanol–water partition coefficient (Wildman–Crippen LogP) is 2.91. The van der Waals surface area contributed by atoms with Crippen molar-refractivity contribution < 1.29 is 14.4 Å². The number of piperidine rings is 1. The van der Waals surface area contributed by atoms with Crippen LogP contribution in [-0.2, 0) is 16.0 Å². The molecule has 7 heteroatoms. The first-order valence-corrected chi connectivity index (χ1v) is 10.8. The molecule has 0 aromatic carbocycles. The first kappa shape index (κ1) is 20.1. The first-order chi connectivity index (χ1) is 13.7. The summed E-state index contributed by atoms with van der Waals surface area (Å²) in [5, 5.41) is 5.01. The summed E-state index contributed by atoms with van der Waals surface area (Å²) in [4.78, 5) is 40.8. The maximum Gasteiger partial charge on any atom is 0.220 e. The van der Waals surface area contributed by atoms with Crippen molar-refractivity contribution in [2.24, 2.45) is 5.41 Å². The first-order valence-electron chi connectivity index (χ1n) is 10.8. The highest BCUT2D eigenvalue weighted by Crippen LogP contribution is 2.42. The molecule has 2 amide bonds. The third-order valence-corrected chi connectivity index (χ3v) is 6.83. The lowest BCUT2D eigenvalue weighted by atomic mass is 9.75. The number of fused-ring (bicyclic) bond motifs is 1. The van der Waals surface area contributed by atoms with Crippen LogP contribution in [-0.4, -0.2) is 56.8 Å². The number of Topliss-reactive ketones (excluding diaryl/α,β-unsaturated/α-hetero) is 1. The van der Waals surface area contributed by atoms with E-state index in [1.54, 1.807) is 13.8 Å². The quantitative estimate of drug-likeness (QED) is 0.765. The normalized spacial score (nSPS) is 24.7. The Hall–Kier alpha value is -2.18. The van der Waals surface area contributed by atoms with Crippen LogP contribution in [0.15, 0.2) is 0 Å². The van der Waals surface area contributed by atoms with Crippen LogP contribution in [0.5, 0.6) is 0 Å². The molecule has 0 bridgehead atoms. The minimum absolute atomic E-state index is 0.0501. The molecule has 0 N–H and O–H groups in total. The molecule has 1 aromatic rings. The van der Waals surface area contributed by atoms with E-state index in [4.69, 9.17) is 5.10 Å². The summed E-state index contributed by atoms with van der Waals surface area (Å²) < 4.78 is 2.09. The van der Waals surface area contributed by atoms with E-state index >= 15 is 0 Å². The van der Waals surface area contributed by atoms with Gasteiger partial charge in [0.2, 0.25) is 11.8 Å². The van der Waals surface area contributed by atoms with Crippen molar-refractivity contribution in [1.82, 2.24) is 19.6 Å². The zero-order valence-electron chi connectivity index (χ0n) is 18.0. The fourth-order valence-electron chi connectivity index (χ4n) is 5.39. The fraction of sp³-hybridized carbons (Fsp3) is 0.727. The fourth-order valence-corrected chi connectivity index (χ4v) is 5.39. The van der Waals surface area contributed by atoms with Gasteiger partial charge in [-0.05, 0) is 37.5 Å². The highest BCUT2D eigenvalue weighted by Gasteiger charge is 2.42. The van der Waals surface area contributed by atoms with Gasteiger partial charge in [-0.25, -0.2) is 0 Å². The molecule has 29 heavy (non-hydrogen) atoms. The molecule has 0 radical (unpaired) electrons. The van der Waals surface area contributed by atoms with Crippen LogP contribution >= 0.6 is 0 Å². The molecule has 0 saturated carbocycles. The molecule has 3 heterocycles. The smallest absolute Gasteiger partial charge is 0.220 e. The van der Waals surface area contributed by atoms with Crippen LogP contribution in [0.25, 0.3) is 0 Å². The van der Waals surface area contributed by atoms with E-state index in [0.29, 0.717) is 6.42 Å². The molecular weight excluding hydrogens is 368 g/mol. The molecule has 2 aliphatic heterocycles. The molecule has 2 fully saturated rings. The molecule has 4 rings (SSSR count). The van der Waals surface area contributed by atoms with Crippen LogP contribution in [0.3, 0.4) is 0 Å². The molecule has 1 atom stereocenters. The van der Waals surface area contributed by atoms with Gasteiger partial charge in [0.25, 0.3) is 0 Å².